The largest absolute Gasteiger partial charge is 0.279 e. The maximum absolute atomic E-state index is 11.3. The molecule has 0 aliphatic heterocycles. The second kappa shape index (κ2) is 8.32. The first-order chi connectivity index (χ1) is 13.2. The smallest absolute Gasteiger partial charge is 0.238 e. The molecular weight excluding hydrogens is 421 g/mol. The Morgan fingerprint density at radius 3 is 2.39 bits per heavy atom. The molecule has 0 bridgehead atoms. The highest BCUT2D eigenvalue weighted by molar-refractivity contribution is 7.89. The quantitative estimate of drug-likeness (QED) is 0.453. The van der Waals surface area contributed by atoms with E-state index in [1.807, 2.05) is 31.2 Å². The number of anilines is 1. The van der Waals surface area contributed by atoms with Gasteiger partial charge in [0.15, 0.2) is 0 Å². The van der Waals surface area contributed by atoms with E-state index >= 15 is 0 Å². The van der Waals surface area contributed by atoms with E-state index in [1.165, 1.54) is 12.1 Å². The lowest BCUT2D eigenvalue weighted by atomic mass is 10.2. The maximum atomic E-state index is 11.3. The summed E-state index contributed by atoms with van der Waals surface area (Å²) in [5, 5.41) is 14.8. The van der Waals surface area contributed by atoms with Crippen LogP contribution in [-0.4, -0.2) is 24.4 Å². The van der Waals surface area contributed by atoms with E-state index in [4.69, 9.17) is 28.3 Å². The zero-order valence-corrected chi connectivity index (χ0v) is 17.1. The first kappa shape index (κ1) is 20.3. The Balaban J connectivity index is 1.72. The van der Waals surface area contributed by atoms with Gasteiger partial charge >= 0.3 is 0 Å². The summed E-state index contributed by atoms with van der Waals surface area (Å²) in [6.07, 6.45) is 1.57. The molecule has 0 aliphatic rings. The number of rotatable bonds is 6. The Labute approximate surface area is 172 Å². The topological polar surface area (TPSA) is 102 Å². The lowest BCUT2D eigenvalue weighted by molar-refractivity contribution is 0.598. The Kier molecular flexibility index (Phi) is 6.04. The van der Waals surface area contributed by atoms with Crippen molar-refractivity contribution in [3.8, 4) is 0 Å². The van der Waals surface area contributed by atoms with Crippen LogP contribution in [0.2, 0.25) is 10.2 Å². The summed E-state index contributed by atoms with van der Waals surface area (Å²) in [5.74, 6) is 0. The summed E-state index contributed by atoms with van der Waals surface area (Å²) in [5.41, 5.74) is 5.85. The summed E-state index contributed by atoms with van der Waals surface area (Å²) in [6.45, 7) is 2.35. The normalized spacial score (nSPS) is 11.9. The number of aryl methyl sites for hydroxylation is 1. The van der Waals surface area contributed by atoms with Crippen molar-refractivity contribution in [3.63, 3.8) is 0 Å². The minimum Gasteiger partial charge on any atom is -0.279 e. The van der Waals surface area contributed by atoms with Gasteiger partial charge in [0.2, 0.25) is 10.0 Å². The third-order valence-electron chi connectivity index (χ3n) is 3.93. The molecule has 0 radical (unpaired) electrons. The molecule has 28 heavy (non-hydrogen) atoms. The molecule has 0 saturated heterocycles. The van der Waals surface area contributed by atoms with Gasteiger partial charge < -0.3 is 0 Å². The molecule has 0 fully saturated rings. The number of hydrazone groups is 1. The summed E-state index contributed by atoms with van der Waals surface area (Å²) >= 11 is 12.3. The fourth-order valence-corrected chi connectivity index (χ4v) is 3.40. The second-order valence-electron chi connectivity index (χ2n) is 6.01. The molecule has 0 aliphatic carbocycles. The minimum absolute atomic E-state index is 0.0318. The highest BCUT2D eigenvalue weighted by Gasteiger charge is 2.12. The summed E-state index contributed by atoms with van der Waals surface area (Å²) in [4.78, 5) is 0.0318. The molecule has 10 heteroatoms. The van der Waals surface area contributed by atoms with Crippen LogP contribution in [-0.2, 0) is 16.6 Å². The Hall–Kier alpha value is -2.39. The molecule has 0 unspecified atom stereocenters. The van der Waals surface area contributed by atoms with Crippen LogP contribution in [0.4, 0.5) is 5.69 Å². The molecule has 7 nitrogen and oxygen atoms in total. The maximum Gasteiger partial charge on any atom is 0.238 e. The Bertz CT molecular complexity index is 1110. The van der Waals surface area contributed by atoms with Gasteiger partial charge in [-0.1, -0.05) is 35.3 Å². The highest BCUT2D eigenvalue weighted by atomic mass is 35.5. The molecule has 0 saturated carbocycles. The van der Waals surface area contributed by atoms with E-state index in [-0.39, 0.29) is 4.90 Å². The molecule has 3 aromatic rings. The van der Waals surface area contributed by atoms with E-state index in [2.05, 4.69) is 15.6 Å². The van der Waals surface area contributed by atoms with Crippen LogP contribution in [0.3, 0.4) is 0 Å². The van der Waals surface area contributed by atoms with Gasteiger partial charge in [-0.2, -0.15) is 10.2 Å². The van der Waals surface area contributed by atoms with Crippen molar-refractivity contribution >= 4 is 45.1 Å². The van der Waals surface area contributed by atoms with Crippen molar-refractivity contribution in [1.82, 2.24) is 9.78 Å². The van der Waals surface area contributed by atoms with E-state index in [0.29, 0.717) is 28.0 Å². The van der Waals surface area contributed by atoms with E-state index in [9.17, 15) is 8.42 Å². The molecule has 2 aromatic carbocycles. The van der Waals surface area contributed by atoms with Gasteiger partial charge in [0.05, 0.1) is 34.6 Å². The van der Waals surface area contributed by atoms with E-state index in [1.54, 1.807) is 23.0 Å². The lowest BCUT2D eigenvalue weighted by Crippen LogP contribution is -2.11. The molecule has 0 spiro atoms. The average molecular weight is 438 g/mol. The van der Waals surface area contributed by atoms with Crippen LogP contribution in [0.25, 0.3) is 0 Å². The molecule has 1 heterocycles. The van der Waals surface area contributed by atoms with Crippen molar-refractivity contribution in [2.45, 2.75) is 18.4 Å². The van der Waals surface area contributed by atoms with Crippen molar-refractivity contribution in [3.05, 3.63) is 75.5 Å². The SMILES string of the molecule is Cc1nn(Cc2ccc(Cl)cc2)c(Cl)c1C=NNc1ccc(S(N)(=O)=O)cc1. The summed E-state index contributed by atoms with van der Waals surface area (Å²) in [7, 11) is -3.72. The summed E-state index contributed by atoms with van der Waals surface area (Å²) < 4.78 is 24.2. The second-order valence-corrected chi connectivity index (χ2v) is 8.37. The third kappa shape index (κ3) is 4.90. The Morgan fingerprint density at radius 1 is 1.14 bits per heavy atom. The number of nitrogens with one attached hydrogen (secondary N) is 1. The van der Waals surface area contributed by atoms with E-state index < -0.39 is 10.0 Å². The predicted octanol–water partition coefficient (Wildman–Crippen LogP) is 3.64. The van der Waals surface area contributed by atoms with Crippen molar-refractivity contribution in [1.29, 1.82) is 0 Å². The molecular formula is C18H17Cl2N5O2S. The molecule has 3 N–H and O–H groups in total. The number of aromatic nitrogens is 2. The van der Waals surface area contributed by atoms with Crippen LogP contribution >= 0.6 is 23.2 Å². The lowest BCUT2D eigenvalue weighted by Gasteiger charge is -2.04. The molecule has 0 atom stereocenters. The third-order valence-corrected chi connectivity index (χ3v) is 5.51. The zero-order valence-electron chi connectivity index (χ0n) is 14.8. The molecule has 146 valence electrons. The molecule has 3 rings (SSSR count). The number of halogens is 2. The van der Waals surface area contributed by atoms with Gasteiger partial charge in [-0.05, 0) is 48.9 Å². The highest BCUT2D eigenvalue weighted by Crippen LogP contribution is 2.20. The fourth-order valence-electron chi connectivity index (χ4n) is 2.47. The van der Waals surface area contributed by atoms with Crippen molar-refractivity contribution < 1.29 is 8.42 Å². The standard InChI is InChI=1S/C18H17Cl2N5O2S/c1-12-17(10-22-23-15-6-8-16(9-7-15)28(21,26)27)18(20)25(24-12)11-13-2-4-14(19)5-3-13/h2-10,23H,11H2,1H3,(H2,21,26,27). The van der Waals surface area contributed by atoms with Crippen LogP contribution in [0.5, 0.6) is 0 Å². The fraction of sp³-hybridized carbons (Fsp3) is 0.111. The van der Waals surface area contributed by atoms with Gasteiger partial charge in [0.25, 0.3) is 0 Å². The number of benzene rings is 2. The van der Waals surface area contributed by atoms with Gasteiger partial charge in [-0.25, -0.2) is 18.2 Å². The van der Waals surface area contributed by atoms with Crippen LogP contribution < -0.4 is 10.6 Å². The van der Waals surface area contributed by atoms with Gasteiger partial charge in [0.1, 0.15) is 5.15 Å². The van der Waals surface area contributed by atoms with E-state index in [0.717, 1.165) is 11.3 Å². The Morgan fingerprint density at radius 2 is 1.79 bits per heavy atom. The van der Waals surface area contributed by atoms with Gasteiger partial charge in [-0.15, -0.1) is 0 Å². The average Bonchev–Trinajstić information content (AvgIpc) is 2.90. The zero-order chi connectivity index (χ0) is 20.3. The van der Waals surface area contributed by atoms with Crippen molar-refractivity contribution in [2.75, 3.05) is 5.43 Å². The number of nitrogens with two attached hydrogens (primary N) is 1. The monoisotopic (exact) mass is 437 g/mol. The summed E-state index contributed by atoms with van der Waals surface area (Å²) in [6, 6.07) is 13.4. The van der Waals surface area contributed by atoms with Crippen LogP contribution in [0.15, 0.2) is 58.5 Å². The number of hydrogen-bond donors (Lipinski definition) is 2. The molecule has 1 aromatic heterocycles. The molecule has 0 amide bonds. The number of sulfonamides is 1. The van der Waals surface area contributed by atoms with Crippen LogP contribution in [0, 0.1) is 6.92 Å². The predicted molar refractivity (Wildman–Crippen MR) is 112 cm³/mol. The first-order valence-corrected chi connectivity index (χ1v) is 10.4. The number of hydrogen-bond acceptors (Lipinski definition) is 5. The van der Waals surface area contributed by atoms with Gasteiger partial charge in [-0.3, -0.25) is 5.43 Å². The first-order valence-electron chi connectivity index (χ1n) is 8.13. The van der Waals surface area contributed by atoms with Crippen LogP contribution in [0.1, 0.15) is 16.8 Å². The number of nitrogens with zero attached hydrogens (tertiary/aromatic N) is 3. The van der Waals surface area contributed by atoms with Gasteiger partial charge in [0, 0.05) is 5.02 Å². The number of primary sulfonamides is 1. The minimum atomic E-state index is -3.72. The van der Waals surface area contributed by atoms with Crippen molar-refractivity contribution in [2.24, 2.45) is 10.2 Å².